The molecule has 0 bridgehead atoms. The summed E-state index contributed by atoms with van der Waals surface area (Å²) in [4.78, 5) is 27.0. The number of hydrogen-bond donors (Lipinski definition) is 0. The van der Waals surface area contributed by atoms with Gasteiger partial charge in [0, 0.05) is 13.5 Å². The maximum atomic E-state index is 12.7. The lowest BCUT2D eigenvalue weighted by molar-refractivity contribution is -0.128. The zero-order valence-corrected chi connectivity index (χ0v) is 17.7. The number of anilines is 1. The Hall–Kier alpha value is -2.30. The maximum absolute atomic E-state index is 12.7. The van der Waals surface area contributed by atoms with Crippen molar-refractivity contribution in [3.8, 4) is 0 Å². The molecule has 0 aliphatic carbocycles. The topological polar surface area (TPSA) is 105 Å². The van der Waals surface area contributed by atoms with E-state index in [0.717, 1.165) is 0 Å². The maximum Gasteiger partial charge on any atom is 0.410 e. The second-order valence-corrected chi connectivity index (χ2v) is 10.1. The van der Waals surface area contributed by atoms with Crippen LogP contribution in [0.2, 0.25) is 0 Å². The van der Waals surface area contributed by atoms with Crippen LogP contribution in [0.15, 0.2) is 6.20 Å². The van der Waals surface area contributed by atoms with Gasteiger partial charge in [0.25, 0.3) is 10.0 Å². The Kier molecular flexibility index (Phi) is 5.07. The molecular weight excluding hydrogens is 386 g/mol. The minimum Gasteiger partial charge on any atom is -0.444 e. The van der Waals surface area contributed by atoms with Gasteiger partial charge in [0.1, 0.15) is 11.5 Å². The molecule has 0 spiro atoms. The van der Waals surface area contributed by atoms with E-state index in [9.17, 15) is 18.0 Å². The predicted molar refractivity (Wildman–Crippen MR) is 102 cm³/mol. The molecule has 156 valence electrons. The van der Waals surface area contributed by atoms with Gasteiger partial charge in [-0.25, -0.2) is 13.2 Å². The smallest absolute Gasteiger partial charge is 0.410 e. The standard InChI is InChI=1S/C17H27N5O5S/c1-12-9-21-15(10-20(12)16(24)27-17(3,4)5)14(8-18-21)22-7-6-19(13(2)23)11-28(22,25)26/h8,12H,6-7,9-11H2,1-5H3/t12-/m0/s1. The number of rotatable bonds is 1. The number of amides is 2. The van der Waals surface area contributed by atoms with Gasteiger partial charge in [0.05, 0.1) is 43.3 Å². The number of hydrogen-bond acceptors (Lipinski definition) is 6. The van der Waals surface area contributed by atoms with Gasteiger partial charge in [0.15, 0.2) is 0 Å². The number of sulfonamides is 1. The minimum absolute atomic E-state index is 0.138. The first-order valence-electron chi connectivity index (χ1n) is 9.19. The van der Waals surface area contributed by atoms with Crippen LogP contribution in [-0.2, 0) is 32.6 Å². The van der Waals surface area contributed by atoms with Crippen molar-refractivity contribution in [1.82, 2.24) is 19.6 Å². The molecule has 1 aromatic rings. The molecule has 3 rings (SSSR count). The lowest BCUT2D eigenvalue weighted by Gasteiger charge is -2.38. The van der Waals surface area contributed by atoms with Gasteiger partial charge < -0.3 is 9.64 Å². The molecule has 2 aliphatic rings. The summed E-state index contributed by atoms with van der Waals surface area (Å²) in [5.74, 6) is -0.635. The lowest BCUT2D eigenvalue weighted by atomic mass is 10.2. The monoisotopic (exact) mass is 413 g/mol. The van der Waals surface area contributed by atoms with E-state index in [1.54, 1.807) is 30.4 Å². The highest BCUT2D eigenvalue weighted by Crippen LogP contribution is 2.31. The SMILES string of the molecule is CC(=O)N1CCN(c2cnn3c2CN(C(=O)OC(C)(C)C)[C@@H](C)C3)S(=O)(=O)C1. The fourth-order valence-corrected chi connectivity index (χ4v) is 5.02. The lowest BCUT2D eigenvalue weighted by Crippen LogP contribution is -2.52. The normalized spacial score (nSPS) is 22.0. The number of carbonyl (C=O) groups excluding carboxylic acids is 2. The Bertz CT molecular complexity index is 888. The van der Waals surface area contributed by atoms with Crippen LogP contribution in [0.4, 0.5) is 10.5 Å². The molecule has 10 nitrogen and oxygen atoms in total. The highest BCUT2D eigenvalue weighted by Gasteiger charge is 2.38. The van der Waals surface area contributed by atoms with Gasteiger partial charge in [0.2, 0.25) is 5.91 Å². The van der Waals surface area contributed by atoms with Crippen molar-refractivity contribution >= 4 is 27.7 Å². The fraction of sp³-hybridized carbons (Fsp3) is 0.706. The molecule has 2 aliphatic heterocycles. The number of fused-ring (bicyclic) bond motifs is 1. The molecule has 0 radical (unpaired) electrons. The molecule has 28 heavy (non-hydrogen) atoms. The number of carbonyl (C=O) groups is 2. The van der Waals surface area contributed by atoms with E-state index in [2.05, 4.69) is 5.10 Å². The number of nitrogens with zero attached hydrogens (tertiary/aromatic N) is 5. The summed E-state index contributed by atoms with van der Waals surface area (Å²) in [5, 5.41) is 4.32. The average molecular weight is 414 g/mol. The van der Waals surface area contributed by atoms with Gasteiger partial charge in [-0.3, -0.25) is 18.7 Å². The molecule has 1 atom stereocenters. The molecule has 1 fully saturated rings. The van der Waals surface area contributed by atoms with E-state index >= 15 is 0 Å². The highest BCUT2D eigenvalue weighted by atomic mass is 32.2. The highest BCUT2D eigenvalue weighted by molar-refractivity contribution is 7.92. The van der Waals surface area contributed by atoms with Crippen LogP contribution in [0, 0.1) is 0 Å². The van der Waals surface area contributed by atoms with Crippen LogP contribution >= 0.6 is 0 Å². The Morgan fingerprint density at radius 1 is 1.25 bits per heavy atom. The molecule has 0 unspecified atom stereocenters. The van der Waals surface area contributed by atoms with Crippen molar-refractivity contribution in [2.75, 3.05) is 23.3 Å². The Balaban J connectivity index is 1.87. The summed E-state index contributed by atoms with van der Waals surface area (Å²) in [5.41, 5.74) is 0.469. The van der Waals surface area contributed by atoms with Crippen LogP contribution in [0.3, 0.4) is 0 Å². The molecule has 3 heterocycles. The first kappa shape index (κ1) is 20.4. The first-order chi connectivity index (χ1) is 12.9. The van der Waals surface area contributed by atoms with Gasteiger partial charge >= 0.3 is 6.09 Å². The molecule has 2 amide bonds. The van der Waals surface area contributed by atoms with Crippen LogP contribution in [-0.4, -0.2) is 70.6 Å². The molecule has 0 N–H and O–H groups in total. The van der Waals surface area contributed by atoms with Gasteiger partial charge in [-0.05, 0) is 27.7 Å². The summed E-state index contributed by atoms with van der Waals surface area (Å²) in [7, 11) is -3.70. The van der Waals surface area contributed by atoms with Gasteiger partial charge in [-0.2, -0.15) is 5.10 Å². The second-order valence-electron chi connectivity index (χ2n) is 8.21. The van der Waals surface area contributed by atoms with Crippen LogP contribution < -0.4 is 4.31 Å². The van der Waals surface area contributed by atoms with Crippen molar-refractivity contribution in [3.05, 3.63) is 11.9 Å². The minimum atomic E-state index is -3.70. The molecule has 11 heteroatoms. The summed E-state index contributed by atoms with van der Waals surface area (Å²) in [6, 6.07) is -0.138. The van der Waals surface area contributed by atoms with E-state index in [0.29, 0.717) is 24.5 Å². The fourth-order valence-electron chi connectivity index (χ4n) is 3.36. The van der Waals surface area contributed by atoms with Crippen LogP contribution in [0.5, 0.6) is 0 Å². The van der Waals surface area contributed by atoms with Gasteiger partial charge in [-0.15, -0.1) is 0 Å². The Morgan fingerprint density at radius 2 is 1.93 bits per heavy atom. The zero-order chi connectivity index (χ0) is 20.9. The first-order valence-corrected chi connectivity index (χ1v) is 10.8. The summed E-state index contributed by atoms with van der Waals surface area (Å²) < 4.78 is 34.0. The van der Waals surface area contributed by atoms with E-state index < -0.39 is 21.7 Å². The largest absolute Gasteiger partial charge is 0.444 e. The third-order valence-electron chi connectivity index (χ3n) is 4.79. The summed E-state index contributed by atoms with van der Waals surface area (Å²) >= 11 is 0. The molecule has 1 saturated heterocycles. The quantitative estimate of drug-likeness (QED) is 0.680. The van der Waals surface area contributed by atoms with Gasteiger partial charge in [-0.1, -0.05) is 0 Å². The van der Waals surface area contributed by atoms with E-state index in [1.165, 1.54) is 22.3 Å². The van der Waals surface area contributed by atoms with E-state index in [4.69, 9.17) is 4.74 Å². The Morgan fingerprint density at radius 3 is 2.50 bits per heavy atom. The summed E-state index contributed by atoms with van der Waals surface area (Å²) in [6.45, 7) is 9.77. The van der Waals surface area contributed by atoms with Crippen molar-refractivity contribution in [3.63, 3.8) is 0 Å². The molecule has 0 saturated carbocycles. The predicted octanol–water partition coefficient (Wildman–Crippen LogP) is 0.978. The number of ether oxygens (including phenoxy) is 1. The third-order valence-corrected chi connectivity index (χ3v) is 6.47. The molecule has 1 aromatic heterocycles. The number of aromatic nitrogens is 2. The van der Waals surface area contributed by atoms with Crippen molar-refractivity contribution in [2.24, 2.45) is 0 Å². The molecular formula is C17H27N5O5S. The van der Waals surface area contributed by atoms with Crippen molar-refractivity contribution < 1.29 is 22.7 Å². The van der Waals surface area contributed by atoms with E-state index in [-0.39, 0.29) is 30.9 Å². The van der Waals surface area contributed by atoms with Crippen LogP contribution in [0.25, 0.3) is 0 Å². The Labute approximate surface area is 165 Å². The van der Waals surface area contributed by atoms with Crippen molar-refractivity contribution in [2.45, 2.75) is 59.4 Å². The second kappa shape index (κ2) is 6.94. The third kappa shape index (κ3) is 3.94. The zero-order valence-electron chi connectivity index (χ0n) is 16.9. The average Bonchev–Trinajstić information content (AvgIpc) is 2.93. The molecule has 0 aromatic carbocycles. The summed E-state index contributed by atoms with van der Waals surface area (Å²) in [6.07, 6.45) is 1.07. The van der Waals surface area contributed by atoms with Crippen molar-refractivity contribution in [1.29, 1.82) is 0 Å². The van der Waals surface area contributed by atoms with E-state index in [1.807, 2.05) is 6.92 Å². The van der Waals surface area contributed by atoms with Crippen LogP contribution in [0.1, 0.15) is 40.3 Å².